The normalized spacial score (nSPS) is 29.9. The summed E-state index contributed by atoms with van der Waals surface area (Å²) < 4.78 is 22.8. The van der Waals surface area contributed by atoms with Crippen molar-refractivity contribution in [3.8, 4) is 0 Å². The second-order valence-electron chi connectivity index (χ2n) is 8.30. The summed E-state index contributed by atoms with van der Waals surface area (Å²) in [5, 5.41) is -0.0157. The molecule has 1 saturated heterocycles. The highest BCUT2D eigenvalue weighted by Gasteiger charge is 2.54. The standard InChI is InChI=1S/C17H28O6Si/c1-16(2,3)24(7,8)23-11-9-10(15(19)20-6)12(18)14-13(11)21-17(4,5)22-14/h9,11,13-14H,1-8H3/t11-,13-,14+/m0/s1. The van der Waals surface area contributed by atoms with Gasteiger partial charge < -0.3 is 18.6 Å². The van der Waals surface area contributed by atoms with Gasteiger partial charge in [0.15, 0.2) is 20.2 Å². The maximum absolute atomic E-state index is 12.6. The molecule has 0 aromatic rings. The van der Waals surface area contributed by atoms with Crippen molar-refractivity contribution in [1.29, 1.82) is 0 Å². The molecule has 1 aliphatic carbocycles. The molecule has 0 bridgehead atoms. The summed E-state index contributed by atoms with van der Waals surface area (Å²) >= 11 is 0. The molecule has 7 heteroatoms. The van der Waals surface area contributed by atoms with Crippen molar-refractivity contribution in [2.24, 2.45) is 0 Å². The molecule has 3 atom stereocenters. The van der Waals surface area contributed by atoms with Crippen molar-refractivity contribution < 1.29 is 28.2 Å². The number of ketones is 1. The van der Waals surface area contributed by atoms with E-state index >= 15 is 0 Å². The zero-order valence-electron chi connectivity index (χ0n) is 15.8. The van der Waals surface area contributed by atoms with E-state index in [0.717, 1.165) is 0 Å². The van der Waals surface area contributed by atoms with E-state index in [-0.39, 0.29) is 10.6 Å². The maximum Gasteiger partial charge on any atom is 0.341 e. The van der Waals surface area contributed by atoms with Gasteiger partial charge in [0.1, 0.15) is 11.7 Å². The first-order chi connectivity index (χ1) is 10.8. The molecule has 0 aromatic carbocycles. The lowest BCUT2D eigenvalue weighted by atomic mass is 9.91. The average Bonchev–Trinajstić information content (AvgIpc) is 2.76. The second kappa shape index (κ2) is 6.05. The molecule has 6 nitrogen and oxygen atoms in total. The topological polar surface area (TPSA) is 71.1 Å². The van der Waals surface area contributed by atoms with Gasteiger partial charge in [0.2, 0.25) is 5.78 Å². The predicted molar refractivity (Wildman–Crippen MR) is 91.0 cm³/mol. The van der Waals surface area contributed by atoms with E-state index in [1.165, 1.54) is 7.11 Å². The number of hydrogen-bond donors (Lipinski definition) is 0. The minimum absolute atomic E-state index is 0.0157. The zero-order valence-corrected chi connectivity index (χ0v) is 16.8. The molecule has 0 amide bonds. The molecule has 0 N–H and O–H groups in total. The van der Waals surface area contributed by atoms with E-state index in [4.69, 9.17) is 18.6 Å². The number of carbonyl (C=O) groups is 2. The van der Waals surface area contributed by atoms with Gasteiger partial charge in [-0.05, 0) is 38.1 Å². The Bertz CT molecular complexity index is 572. The largest absolute Gasteiger partial charge is 0.465 e. The molecule has 0 radical (unpaired) electrons. The Balaban J connectivity index is 2.40. The smallest absolute Gasteiger partial charge is 0.341 e. The lowest BCUT2D eigenvalue weighted by Crippen LogP contribution is -2.52. The highest BCUT2D eigenvalue weighted by atomic mass is 28.4. The van der Waals surface area contributed by atoms with Crippen LogP contribution < -0.4 is 0 Å². The minimum Gasteiger partial charge on any atom is -0.465 e. The number of ether oxygens (including phenoxy) is 3. The van der Waals surface area contributed by atoms with Crippen LogP contribution in [0.3, 0.4) is 0 Å². The van der Waals surface area contributed by atoms with Crippen molar-refractivity contribution in [3.63, 3.8) is 0 Å². The van der Waals surface area contributed by atoms with Gasteiger partial charge in [0, 0.05) is 0 Å². The average molecular weight is 356 g/mol. The predicted octanol–water partition coefficient (Wildman–Crippen LogP) is 2.58. The van der Waals surface area contributed by atoms with E-state index in [1.54, 1.807) is 19.9 Å². The fourth-order valence-electron chi connectivity index (χ4n) is 2.62. The summed E-state index contributed by atoms with van der Waals surface area (Å²) in [6.45, 7) is 14.1. The Morgan fingerprint density at radius 1 is 1.25 bits per heavy atom. The Morgan fingerprint density at radius 2 is 1.83 bits per heavy atom. The van der Waals surface area contributed by atoms with Crippen molar-refractivity contribution in [3.05, 3.63) is 11.6 Å². The van der Waals surface area contributed by atoms with Crippen molar-refractivity contribution in [2.45, 2.75) is 76.8 Å². The molecule has 0 saturated carbocycles. The third kappa shape index (κ3) is 3.49. The van der Waals surface area contributed by atoms with E-state index in [2.05, 4.69) is 33.9 Å². The number of hydrogen-bond acceptors (Lipinski definition) is 6. The number of methoxy groups -OCH3 is 1. The Kier molecular flexibility index (Phi) is 4.87. The summed E-state index contributed by atoms with van der Waals surface area (Å²) in [6, 6.07) is 0. The molecule has 2 rings (SSSR count). The van der Waals surface area contributed by atoms with Gasteiger partial charge in [0.05, 0.1) is 13.2 Å². The van der Waals surface area contributed by atoms with Gasteiger partial charge in [-0.3, -0.25) is 4.79 Å². The summed E-state index contributed by atoms with van der Waals surface area (Å²) in [6.07, 6.45) is -0.394. The van der Waals surface area contributed by atoms with E-state index < -0.39 is 44.2 Å². The summed E-state index contributed by atoms with van der Waals surface area (Å²) in [5.74, 6) is -1.98. The highest BCUT2D eigenvalue weighted by Crippen LogP contribution is 2.42. The first kappa shape index (κ1) is 19.3. The number of esters is 1. The molecule has 24 heavy (non-hydrogen) atoms. The number of rotatable bonds is 3. The first-order valence-corrected chi connectivity index (χ1v) is 11.1. The third-order valence-electron chi connectivity index (χ3n) is 4.95. The zero-order chi connectivity index (χ0) is 18.5. The fraction of sp³-hybridized carbons (Fsp3) is 0.765. The van der Waals surface area contributed by atoms with Gasteiger partial charge in [-0.2, -0.15) is 0 Å². The molecular formula is C17H28O6Si. The van der Waals surface area contributed by atoms with Crippen LogP contribution in [0.15, 0.2) is 11.6 Å². The quantitative estimate of drug-likeness (QED) is 0.440. The van der Waals surface area contributed by atoms with Crippen molar-refractivity contribution in [2.75, 3.05) is 7.11 Å². The Hall–Kier alpha value is -1.02. The van der Waals surface area contributed by atoms with Crippen LogP contribution in [0.4, 0.5) is 0 Å². The monoisotopic (exact) mass is 356 g/mol. The maximum atomic E-state index is 12.6. The molecule has 0 spiro atoms. The summed E-state index contributed by atoms with van der Waals surface area (Å²) in [4.78, 5) is 24.6. The van der Waals surface area contributed by atoms with E-state index in [9.17, 15) is 9.59 Å². The molecule has 1 fully saturated rings. The minimum atomic E-state index is -2.14. The van der Waals surface area contributed by atoms with Gasteiger partial charge in [0.25, 0.3) is 0 Å². The molecular weight excluding hydrogens is 328 g/mol. The van der Waals surface area contributed by atoms with Gasteiger partial charge in [-0.25, -0.2) is 4.79 Å². The van der Waals surface area contributed by atoms with Crippen LogP contribution in [0.5, 0.6) is 0 Å². The molecule has 0 aromatic heterocycles. The molecule has 136 valence electrons. The summed E-state index contributed by atoms with van der Waals surface area (Å²) in [5.41, 5.74) is -0.0243. The lowest BCUT2D eigenvalue weighted by molar-refractivity contribution is -0.156. The number of Topliss-reactive ketones (excluding diaryl/α,β-unsaturated/α-hetero) is 1. The van der Waals surface area contributed by atoms with Crippen LogP contribution >= 0.6 is 0 Å². The van der Waals surface area contributed by atoms with Crippen molar-refractivity contribution >= 4 is 20.1 Å². The van der Waals surface area contributed by atoms with Gasteiger partial charge >= 0.3 is 5.97 Å². The van der Waals surface area contributed by atoms with Crippen LogP contribution in [-0.2, 0) is 28.2 Å². The van der Waals surface area contributed by atoms with Gasteiger partial charge in [-0.15, -0.1) is 0 Å². The molecule has 0 unspecified atom stereocenters. The fourth-order valence-corrected chi connectivity index (χ4v) is 3.86. The Labute approximate surface area is 144 Å². The van der Waals surface area contributed by atoms with E-state index in [0.29, 0.717) is 0 Å². The van der Waals surface area contributed by atoms with Gasteiger partial charge in [-0.1, -0.05) is 20.8 Å². The SMILES string of the molecule is COC(=O)C1=C[C@H](O[Si](C)(C)C(C)(C)C)[C@@H]2OC(C)(C)O[C@@H]2C1=O. The number of fused-ring (bicyclic) bond motifs is 1. The van der Waals surface area contributed by atoms with Crippen LogP contribution in [0.25, 0.3) is 0 Å². The third-order valence-corrected chi connectivity index (χ3v) is 9.42. The van der Waals surface area contributed by atoms with Crippen LogP contribution in [0.2, 0.25) is 18.1 Å². The lowest BCUT2D eigenvalue weighted by Gasteiger charge is -2.41. The highest BCUT2D eigenvalue weighted by molar-refractivity contribution is 6.74. The second-order valence-corrected chi connectivity index (χ2v) is 13.1. The number of carbonyl (C=O) groups excluding carboxylic acids is 2. The summed E-state index contributed by atoms with van der Waals surface area (Å²) in [7, 11) is -0.886. The van der Waals surface area contributed by atoms with Crippen LogP contribution in [0, 0.1) is 0 Å². The molecule has 2 aliphatic rings. The molecule has 1 aliphatic heterocycles. The first-order valence-electron chi connectivity index (χ1n) is 8.17. The van der Waals surface area contributed by atoms with Crippen molar-refractivity contribution in [1.82, 2.24) is 0 Å². The Morgan fingerprint density at radius 3 is 2.33 bits per heavy atom. The van der Waals surface area contributed by atoms with E-state index in [1.807, 2.05) is 0 Å². The van der Waals surface area contributed by atoms with Crippen LogP contribution in [-0.4, -0.2) is 51.3 Å². The van der Waals surface area contributed by atoms with Crippen LogP contribution in [0.1, 0.15) is 34.6 Å². The molecule has 1 heterocycles.